The SMILES string of the molecule is CC(C)C1CC(CN2CCS(=O)(=O)C(C)C2)C1. The third kappa shape index (κ3) is 3.02. The highest BCUT2D eigenvalue weighted by Gasteiger charge is 2.35. The molecule has 1 atom stereocenters. The molecule has 0 aromatic heterocycles. The minimum absolute atomic E-state index is 0.169. The van der Waals surface area contributed by atoms with Crippen LogP contribution >= 0.6 is 0 Å². The molecule has 1 saturated heterocycles. The summed E-state index contributed by atoms with van der Waals surface area (Å²) < 4.78 is 23.2. The molecule has 2 aliphatic rings. The zero-order valence-corrected chi connectivity index (χ0v) is 12.0. The zero-order chi connectivity index (χ0) is 12.6. The Kier molecular flexibility index (Phi) is 3.83. The normalized spacial score (nSPS) is 38.0. The summed E-state index contributed by atoms with van der Waals surface area (Å²) in [7, 11) is -2.78. The minimum Gasteiger partial charge on any atom is -0.301 e. The molecule has 0 aromatic rings. The van der Waals surface area contributed by atoms with Crippen LogP contribution in [0.1, 0.15) is 33.6 Å². The van der Waals surface area contributed by atoms with Crippen LogP contribution in [0.5, 0.6) is 0 Å². The van der Waals surface area contributed by atoms with Crippen LogP contribution in [0.2, 0.25) is 0 Å². The number of hydrogen-bond donors (Lipinski definition) is 0. The second kappa shape index (κ2) is 4.88. The molecule has 0 amide bonds. The fourth-order valence-corrected chi connectivity index (χ4v) is 4.39. The number of nitrogens with zero attached hydrogens (tertiary/aromatic N) is 1. The van der Waals surface area contributed by atoms with E-state index in [0.29, 0.717) is 5.75 Å². The Labute approximate surface area is 105 Å². The van der Waals surface area contributed by atoms with E-state index in [9.17, 15) is 8.42 Å². The fraction of sp³-hybridized carbons (Fsp3) is 1.00. The third-order valence-electron chi connectivity index (χ3n) is 4.55. The van der Waals surface area contributed by atoms with Gasteiger partial charge in [0.25, 0.3) is 0 Å². The molecule has 0 bridgehead atoms. The summed E-state index contributed by atoms with van der Waals surface area (Å²) in [5.41, 5.74) is 0. The minimum atomic E-state index is -2.78. The number of hydrogen-bond acceptors (Lipinski definition) is 3. The molecule has 1 aliphatic carbocycles. The second-order valence-electron chi connectivity index (χ2n) is 6.28. The fourth-order valence-electron chi connectivity index (χ4n) is 3.04. The van der Waals surface area contributed by atoms with Crippen molar-refractivity contribution in [3.63, 3.8) is 0 Å². The Bertz CT molecular complexity index is 358. The molecule has 1 aliphatic heterocycles. The van der Waals surface area contributed by atoms with Gasteiger partial charge in [0.15, 0.2) is 9.84 Å². The Hall–Kier alpha value is -0.0900. The largest absolute Gasteiger partial charge is 0.301 e. The molecule has 2 rings (SSSR count). The predicted octanol–water partition coefficient (Wildman–Crippen LogP) is 1.79. The molecule has 0 radical (unpaired) electrons. The van der Waals surface area contributed by atoms with Gasteiger partial charge in [-0.2, -0.15) is 0 Å². The first-order valence-electron chi connectivity index (χ1n) is 6.82. The Morgan fingerprint density at radius 3 is 2.47 bits per heavy atom. The van der Waals surface area contributed by atoms with E-state index in [-0.39, 0.29) is 5.25 Å². The van der Waals surface area contributed by atoms with E-state index in [1.165, 1.54) is 12.8 Å². The summed E-state index contributed by atoms with van der Waals surface area (Å²) in [6.07, 6.45) is 2.69. The first-order valence-corrected chi connectivity index (χ1v) is 8.54. The lowest BCUT2D eigenvalue weighted by molar-refractivity contribution is 0.0960. The van der Waals surface area contributed by atoms with Gasteiger partial charge >= 0.3 is 0 Å². The quantitative estimate of drug-likeness (QED) is 0.775. The average Bonchev–Trinajstić information content (AvgIpc) is 2.16. The van der Waals surface area contributed by atoms with Crippen molar-refractivity contribution >= 4 is 9.84 Å². The van der Waals surface area contributed by atoms with E-state index < -0.39 is 9.84 Å². The number of rotatable bonds is 3. The van der Waals surface area contributed by atoms with E-state index in [1.807, 2.05) is 6.92 Å². The van der Waals surface area contributed by atoms with Crippen LogP contribution in [0, 0.1) is 17.8 Å². The Morgan fingerprint density at radius 1 is 1.29 bits per heavy atom. The van der Waals surface area contributed by atoms with Gasteiger partial charge in [0.2, 0.25) is 0 Å². The smallest absolute Gasteiger partial charge is 0.155 e. The summed E-state index contributed by atoms with van der Waals surface area (Å²) in [4.78, 5) is 2.35. The maximum Gasteiger partial charge on any atom is 0.155 e. The van der Waals surface area contributed by atoms with Gasteiger partial charge in [-0.05, 0) is 37.5 Å². The van der Waals surface area contributed by atoms with Crippen LogP contribution in [0.4, 0.5) is 0 Å². The van der Waals surface area contributed by atoms with E-state index in [0.717, 1.165) is 37.4 Å². The van der Waals surface area contributed by atoms with Crippen molar-refractivity contribution < 1.29 is 8.42 Å². The molecule has 2 fully saturated rings. The standard InChI is InChI=1S/C13H25NO2S/c1-10(2)13-6-12(7-13)9-14-4-5-17(15,16)11(3)8-14/h10-13H,4-9H2,1-3H3. The molecule has 1 heterocycles. The summed E-state index contributed by atoms with van der Waals surface area (Å²) in [5.74, 6) is 2.89. The first kappa shape index (κ1) is 13.3. The van der Waals surface area contributed by atoms with Crippen molar-refractivity contribution in [2.45, 2.75) is 38.9 Å². The van der Waals surface area contributed by atoms with Crippen LogP contribution in [-0.4, -0.2) is 44.0 Å². The molecule has 0 N–H and O–H groups in total. The zero-order valence-electron chi connectivity index (χ0n) is 11.2. The molecular formula is C13H25NO2S. The van der Waals surface area contributed by atoms with Gasteiger partial charge in [-0.15, -0.1) is 0 Å². The Balaban J connectivity index is 1.76. The van der Waals surface area contributed by atoms with Crippen LogP contribution in [-0.2, 0) is 9.84 Å². The third-order valence-corrected chi connectivity index (χ3v) is 6.68. The van der Waals surface area contributed by atoms with E-state index >= 15 is 0 Å². The van der Waals surface area contributed by atoms with Crippen molar-refractivity contribution in [2.75, 3.05) is 25.4 Å². The average molecular weight is 259 g/mol. The van der Waals surface area contributed by atoms with Gasteiger partial charge in [-0.25, -0.2) is 8.42 Å². The number of sulfone groups is 1. The summed E-state index contributed by atoms with van der Waals surface area (Å²) in [6.45, 7) is 9.05. The first-order chi connectivity index (χ1) is 7.88. The molecule has 17 heavy (non-hydrogen) atoms. The topological polar surface area (TPSA) is 37.4 Å². The molecule has 100 valence electrons. The van der Waals surface area contributed by atoms with Crippen molar-refractivity contribution in [2.24, 2.45) is 17.8 Å². The Morgan fingerprint density at radius 2 is 1.94 bits per heavy atom. The highest BCUT2D eigenvalue weighted by atomic mass is 32.2. The van der Waals surface area contributed by atoms with E-state index in [1.54, 1.807) is 0 Å². The highest BCUT2D eigenvalue weighted by Crippen LogP contribution is 2.39. The van der Waals surface area contributed by atoms with Crippen molar-refractivity contribution in [1.82, 2.24) is 4.90 Å². The maximum atomic E-state index is 11.6. The lowest BCUT2D eigenvalue weighted by Gasteiger charge is -2.42. The van der Waals surface area contributed by atoms with Gasteiger partial charge in [0.05, 0.1) is 11.0 Å². The highest BCUT2D eigenvalue weighted by molar-refractivity contribution is 7.92. The van der Waals surface area contributed by atoms with Crippen LogP contribution < -0.4 is 0 Å². The van der Waals surface area contributed by atoms with Crippen molar-refractivity contribution in [3.05, 3.63) is 0 Å². The van der Waals surface area contributed by atoms with Crippen LogP contribution in [0.3, 0.4) is 0 Å². The molecule has 1 saturated carbocycles. The van der Waals surface area contributed by atoms with Gasteiger partial charge in [0, 0.05) is 19.6 Å². The summed E-state index contributed by atoms with van der Waals surface area (Å²) in [5, 5.41) is -0.169. The molecule has 3 nitrogen and oxygen atoms in total. The van der Waals surface area contributed by atoms with Gasteiger partial charge < -0.3 is 4.90 Å². The molecular weight excluding hydrogens is 234 g/mol. The van der Waals surface area contributed by atoms with Crippen molar-refractivity contribution in [3.8, 4) is 0 Å². The predicted molar refractivity (Wildman–Crippen MR) is 70.7 cm³/mol. The van der Waals surface area contributed by atoms with E-state index in [4.69, 9.17) is 0 Å². The lowest BCUT2D eigenvalue weighted by atomic mass is 9.69. The van der Waals surface area contributed by atoms with Crippen LogP contribution in [0.15, 0.2) is 0 Å². The van der Waals surface area contributed by atoms with Gasteiger partial charge in [-0.3, -0.25) is 0 Å². The second-order valence-corrected chi connectivity index (χ2v) is 8.82. The molecule has 1 unspecified atom stereocenters. The lowest BCUT2D eigenvalue weighted by Crippen LogP contribution is -2.48. The van der Waals surface area contributed by atoms with Gasteiger partial charge in [-0.1, -0.05) is 13.8 Å². The maximum absolute atomic E-state index is 11.6. The molecule has 4 heteroatoms. The monoisotopic (exact) mass is 259 g/mol. The van der Waals surface area contributed by atoms with Gasteiger partial charge in [0.1, 0.15) is 0 Å². The molecule has 0 spiro atoms. The summed E-state index contributed by atoms with van der Waals surface area (Å²) >= 11 is 0. The summed E-state index contributed by atoms with van der Waals surface area (Å²) in [6, 6.07) is 0. The van der Waals surface area contributed by atoms with E-state index in [2.05, 4.69) is 18.7 Å². The van der Waals surface area contributed by atoms with Crippen LogP contribution in [0.25, 0.3) is 0 Å². The van der Waals surface area contributed by atoms with Crippen molar-refractivity contribution in [1.29, 1.82) is 0 Å². The molecule has 0 aromatic carbocycles.